The Labute approximate surface area is 123 Å². The number of amides is 2. The summed E-state index contributed by atoms with van der Waals surface area (Å²) in [6.45, 7) is 8.00. The van der Waals surface area contributed by atoms with E-state index in [2.05, 4.69) is 19.2 Å². The van der Waals surface area contributed by atoms with E-state index in [0.717, 1.165) is 45.2 Å². The second-order valence-electron chi connectivity index (χ2n) is 5.83. The lowest BCUT2D eigenvalue weighted by molar-refractivity contribution is -0.132. The van der Waals surface area contributed by atoms with Gasteiger partial charge in [-0.1, -0.05) is 33.1 Å². The standard InChI is InChI=1S/C16H30N2O2/c1-4-13(5-2)12-18(6-3)16(20)11-14-9-7-8-10-15(19)17-14/h13-14H,4-12H2,1-3H3,(H,17,19)/t14-/m1/s1. The van der Waals surface area contributed by atoms with E-state index in [1.54, 1.807) is 0 Å². The van der Waals surface area contributed by atoms with Crippen LogP contribution >= 0.6 is 0 Å². The van der Waals surface area contributed by atoms with E-state index in [-0.39, 0.29) is 17.9 Å². The van der Waals surface area contributed by atoms with Gasteiger partial charge in [-0.05, 0) is 25.7 Å². The van der Waals surface area contributed by atoms with E-state index in [4.69, 9.17) is 0 Å². The van der Waals surface area contributed by atoms with Crippen molar-refractivity contribution in [1.29, 1.82) is 0 Å². The van der Waals surface area contributed by atoms with E-state index < -0.39 is 0 Å². The molecule has 4 heteroatoms. The summed E-state index contributed by atoms with van der Waals surface area (Å²) in [6, 6.07) is 0.0354. The van der Waals surface area contributed by atoms with Gasteiger partial charge in [0.2, 0.25) is 11.8 Å². The molecule has 1 heterocycles. The molecule has 4 nitrogen and oxygen atoms in total. The third-order valence-electron chi connectivity index (χ3n) is 4.36. The molecule has 116 valence electrons. The zero-order valence-electron chi connectivity index (χ0n) is 13.3. The van der Waals surface area contributed by atoms with Crippen LogP contribution < -0.4 is 5.32 Å². The van der Waals surface area contributed by atoms with Gasteiger partial charge < -0.3 is 10.2 Å². The van der Waals surface area contributed by atoms with Gasteiger partial charge in [0.15, 0.2) is 0 Å². The van der Waals surface area contributed by atoms with E-state index >= 15 is 0 Å². The number of nitrogens with zero attached hydrogens (tertiary/aromatic N) is 1. The number of hydrogen-bond acceptors (Lipinski definition) is 2. The van der Waals surface area contributed by atoms with Gasteiger partial charge in [0.25, 0.3) is 0 Å². The fourth-order valence-electron chi connectivity index (χ4n) is 2.81. The van der Waals surface area contributed by atoms with Crippen LogP contribution in [0.2, 0.25) is 0 Å². The van der Waals surface area contributed by atoms with E-state index in [9.17, 15) is 9.59 Å². The molecule has 1 fully saturated rings. The van der Waals surface area contributed by atoms with Crippen molar-refractivity contribution >= 4 is 11.8 Å². The molecule has 0 aromatic heterocycles. The van der Waals surface area contributed by atoms with E-state index in [0.29, 0.717) is 18.8 Å². The summed E-state index contributed by atoms with van der Waals surface area (Å²) in [5.74, 6) is 0.873. The maximum absolute atomic E-state index is 12.4. The Bertz CT molecular complexity index is 314. The second-order valence-corrected chi connectivity index (χ2v) is 5.83. The van der Waals surface area contributed by atoms with Crippen molar-refractivity contribution < 1.29 is 9.59 Å². The van der Waals surface area contributed by atoms with Crippen molar-refractivity contribution in [2.24, 2.45) is 5.92 Å². The maximum Gasteiger partial charge on any atom is 0.224 e. The monoisotopic (exact) mass is 282 g/mol. The van der Waals surface area contributed by atoms with Gasteiger partial charge in [-0.25, -0.2) is 0 Å². The van der Waals surface area contributed by atoms with E-state index in [1.807, 2.05) is 11.8 Å². The molecule has 0 radical (unpaired) electrons. The normalized spacial score (nSPS) is 19.6. The highest BCUT2D eigenvalue weighted by molar-refractivity contribution is 5.80. The SMILES string of the molecule is CCC(CC)CN(CC)C(=O)C[C@H]1CCCCC(=O)N1. The van der Waals surface area contributed by atoms with Crippen molar-refractivity contribution in [3.63, 3.8) is 0 Å². The van der Waals surface area contributed by atoms with Gasteiger partial charge >= 0.3 is 0 Å². The Morgan fingerprint density at radius 3 is 2.60 bits per heavy atom. The molecule has 1 rings (SSSR count). The van der Waals surface area contributed by atoms with Gasteiger partial charge in [0.1, 0.15) is 0 Å². The molecule has 0 aromatic carbocycles. The van der Waals surface area contributed by atoms with Gasteiger partial charge in [-0.3, -0.25) is 9.59 Å². The molecule has 1 saturated heterocycles. The van der Waals surface area contributed by atoms with Crippen LogP contribution in [0.1, 0.15) is 65.7 Å². The molecular formula is C16H30N2O2. The second kappa shape index (κ2) is 8.98. The molecule has 0 aromatic rings. The lowest BCUT2D eigenvalue weighted by atomic mass is 10.0. The zero-order valence-corrected chi connectivity index (χ0v) is 13.3. The summed E-state index contributed by atoms with van der Waals surface area (Å²) in [4.78, 5) is 25.9. The van der Waals surface area contributed by atoms with Crippen LogP contribution in [0.3, 0.4) is 0 Å². The third kappa shape index (κ3) is 5.51. The Morgan fingerprint density at radius 2 is 2.00 bits per heavy atom. The van der Waals surface area contributed by atoms with Crippen molar-refractivity contribution in [3.05, 3.63) is 0 Å². The summed E-state index contributed by atoms with van der Waals surface area (Å²) < 4.78 is 0. The van der Waals surface area contributed by atoms with Crippen LogP contribution in [0.25, 0.3) is 0 Å². The highest BCUT2D eigenvalue weighted by Crippen LogP contribution is 2.15. The largest absolute Gasteiger partial charge is 0.353 e. The highest BCUT2D eigenvalue weighted by atomic mass is 16.2. The first kappa shape index (κ1) is 17.0. The molecule has 0 unspecified atom stereocenters. The number of carbonyl (C=O) groups is 2. The van der Waals surface area contributed by atoms with Crippen molar-refractivity contribution in [1.82, 2.24) is 10.2 Å². The van der Waals surface area contributed by atoms with Crippen LogP contribution in [0.5, 0.6) is 0 Å². The van der Waals surface area contributed by atoms with E-state index in [1.165, 1.54) is 0 Å². The molecule has 20 heavy (non-hydrogen) atoms. The Morgan fingerprint density at radius 1 is 1.30 bits per heavy atom. The quantitative estimate of drug-likeness (QED) is 0.780. The first-order chi connectivity index (χ1) is 9.60. The molecule has 1 N–H and O–H groups in total. The molecular weight excluding hydrogens is 252 g/mol. The minimum Gasteiger partial charge on any atom is -0.353 e. The number of rotatable bonds is 7. The third-order valence-corrected chi connectivity index (χ3v) is 4.36. The molecule has 1 aliphatic rings. The summed E-state index contributed by atoms with van der Waals surface area (Å²) >= 11 is 0. The topological polar surface area (TPSA) is 49.4 Å². The summed E-state index contributed by atoms with van der Waals surface area (Å²) in [5, 5.41) is 2.98. The molecule has 0 saturated carbocycles. The fourth-order valence-corrected chi connectivity index (χ4v) is 2.81. The number of nitrogens with one attached hydrogen (secondary N) is 1. The lowest BCUT2D eigenvalue weighted by Gasteiger charge is -2.27. The zero-order chi connectivity index (χ0) is 15.0. The smallest absolute Gasteiger partial charge is 0.224 e. The summed E-state index contributed by atoms with van der Waals surface area (Å²) in [5.41, 5.74) is 0. The van der Waals surface area contributed by atoms with Gasteiger partial charge in [-0.2, -0.15) is 0 Å². The maximum atomic E-state index is 12.4. The van der Waals surface area contributed by atoms with Crippen LogP contribution in [0, 0.1) is 5.92 Å². The summed E-state index contributed by atoms with van der Waals surface area (Å²) in [7, 11) is 0. The first-order valence-electron chi connectivity index (χ1n) is 8.17. The van der Waals surface area contributed by atoms with Crippen molar-refractivity contribution in [2.45, 2.75) is 71.8 Å². The fraction of sp³-hybridized carbons (Fsp3) is 0.875. The molecule has 1 atom stereocenters. The highest BCUT2D eigenvalue weighted by Gasteiger charge is 2.22. The predicted octanol–water partition coefficient (Wildman–Crippen LogP) is 2.72. The average Bonchev–Trinajstić information content (AvgIpc) is 2.64. The van der Waals surface area contributed by atoms with Crippen LogP contribution in [-0.4, -0.2) is 35.8 Å². The molecule has 2 amide bonds. The summed E-state index contributed by atoms with van der Waals surface area (Å²) in [6.07, 6.45) is 6.20. The van der Waals surface area contributed by atoms with Gasteiger partial charge in [0.05, 0.1) is 0 Å². The Balaban J connectivity index is 2.51. The molecule has 0 aliphatic carbocycles. The minimum atomic E-state index is 0.0354. The van der Waals surface area contributed by atoms with Crippen LogP contribution in [0.4, 0.5) is 0 Å². The molecule has 0 bridgehead atoms. The van der Waals surface area contributed by atoms with Crippen LogP contribution in [-0.2, 0) is 9.59 Å². The Hall–Kier alpha value is -1.06. The molecule has 1 aliphatic heterocycles. The lowest BCUT2D eigenvalue weighted by Crippen LogP contribution is -2.41. The predicted molar refractivity (Wildman–Crippen MR) is 81.3 cm³/mol. The first-order valence-corrected chi connectivity index (χ1v) is 8.17. The van der Waals surface area contributed by atoms with Crippen molar-refractivity contribution in [3.8, 4) is 0 Å². The molecule has 0 spiro atoms. The number of hydrogen-bond donors (Lipinski definition) is 1. The number of carbonyl (C=O) groups excluding carboxylic acids is 2. The van der Waals surface area contributed by atoms with Crippen molar-refractivity contribution in [2.75, 3.05) is 13.1 Å². The van der Waals surface area contributed by atoms with Gasteiger partial charge in [0, 0.05) is 32.0 Å². The van der Waals surface area contributed by atoms with Crippen LogP contribution in [0.15, 0.2) is 0 Å². The average molecular weight is 282 g/mol. The van der Waals surface area contributed by atoms with Gasteiger partial charge in [-0.15, -0.1) is 0 Å². The Kier molecular flexibility index (Phi) is 7.63. The minimum absolute atomic E-state index is 0.0354.